The van der Waals surface area contributed by atoms with E-state index < -0.39 is 0 Å². The zero-order chi connectivity index (χ0) is 35.8. The Hall–Kier alpha value is -4.60. The van der Waals surface area contributed by atoms with Crippen LogP contribution in [0.25, 0.3) is 53.8 Å². The summed E-state index contributed by atoms with van der Waals surface area (Å²) in [4.78, 5) is 0. The van der Waals surface area contributed by atoms with E-state index in [0.717, 1.165) is 25.8 Å². The summed E-state index contributed by atoms with van der Waals surface area (Å²) >= 11 is 1.93. The molecular weight excluding hydrogens is 649 g/mol. The van der Waals surface area contributed by atoms with Crippen molar-refractivity contribution in [1.29, 1.82) is 0 Å². The van der Waals surface area contributed by atoms with E-state index in [1.807, 2.05) is 11.3 Å². The fourth-order valence-corrected chi connectivity index (χ4v) is 10.8. The number of aryl methyl sites for hydroxylation is 2. The standard InChI is InChI=1S/C49H52N2S/c1-6-9-19-34(4)40-32-44-39-23-13-15-24-42(39)49(7-2,8-3)46(51(44)33-41(40)36-20-11-10-12-21-36)29-31-50-30-18-17-25-43(50)47-35(5)27-28-38-37-22-14-16-26-45(37)52-48(38)47/h10-18,20-28,30,32-34,46H,6-9,19,29,31H2,1-5H3/q+2. The Balaban J connectivity index is 1.28. The van der Waals surface area contributed by atoms with Gasteiger partial charge in [-0.3, -0.25) is 0 Å². The molecular formula is C49H52N2S+2. The summed E-state index contributed by atoms with van der Waals surface area (Å²) in [5.41, 5.74) is 12.5. The van der Waals surface area contributed by atoms with Crippen molar-refractivity contribution in [2.45, 2.75) is 97.1 Å². The lowest BCUT2D eigenvalue weighted by molar-refractivity contribution is -0.743. The predicted octanol–water partition coefficient (Wildman–Crippen LogP) is 12.9. The minimum Gasteiger partial charge on any atom is -0.198 e. The molecule has 0 fully saturated rings. The highest BCUT2D eigenvalue weighted by atomic mass is 32.1. The molecule has 2 unspecified atom stereocenters. The van der Waals surface area contributed by atoms with Crippen LogP contribution in [0.4, 0.5) is 0 Å². The van der Waals surface area contributed by atoms with Crippen LogP contribution < -0.4 is 9.13 Å². The largest absolute Gasteiger partial charge is 0.214 e. The lowest BCUT2D eigenvalue weighted by Gasteiger charge is -2.41. The summed E-state index contributed by atoms with van der Waals surface area (Å²) in [5, 5.41) is 2.71. The number of hydrogen-bond donors (Lipinski definition) is 0. The number of hydrogen-bond acceptors (Lipinski definition) is 1. The summed E-state index contributed by atoms with van der Waals surface area (Å²) in [6.45, 7) is 12.8. The Kier molecular flexibility index (Phi) is 9.57. The van der Waals surface area contributed by atoms with Crippen LogP contribution >= 0.6 is 11.3 Å². The third kappa shape index (κ3) is 5.78. The van der Waals surface area contributed by atoms with Crippen LogP contribution in [0.3, 0.4) is 0 Å². The maximum atomic E-state index is 2.72. The monoisotopic (exact) mass is 700 g/mol. The molecule has 262 valence electrons. The molecule has 0 radical (unpaired) electrons. The molecule has 0 amide bonds. The quantitative estimate of drug-likeness (QED) is 0.119. The average Bonchev–Trinajstić information content (AvgIpc) is 3.57. The number of fused-ring (bicyclic) bond motifs is 6. The molecule has 0 saturated carbocycles. The first-order chi connectivity index (χ1) is 25.5. The molecule has 52 heavy (non-hydrogen) atoms. The molecule has 7 aromatic rings. The number of benzene rings is 4. The first-order valence-electron chi connectivity index (χ1n) is 19.6. The second-order valence-corrected chi connectivity index (χ2v) is 16.1. The van der Waals surface area contributed by atoms with Gasteiger partial charge in [0.2, 0.25) is 11.4 Å². The molecule has 3 heteroatoms. The molecule has 4 aromatic carbocycles. The van der Waals surface area contributed by atoms with Gasteiger partial charge in [-0.2, -0.15) is 9.13 Å². The summed E-state index contributed by atoms with van der Waals surface area (Å²) < 4.78 is 8.01. The number of aromatic nitrogens is 2. The van der Waals surface area contributed by atoms with Crippen LogP contribution in [0.1, 0.15) is 94.9 Å². The topological polar surface area (TPSA) is 7.76 Å². The van der Waals surface area contributed by atoms with Gasteiger partial charge in [0.05, 0.1) is 23.0 Å². The lowest BCUT2D eigenvalue weighted by atomic mass is 9.65. The Labute approximate surface area is 314 Å². The van der Waals surface area contributed by atoms with Crippen molar-refractivity contribution in [1.82, 2.24) is 0 Å². The SMILES string of the molecule is CCCCC(C)c1cc2[n+](cc1-c1ccccc1)C(CC[n+]1ccccc1-c1c(C)ccc3c1sc1ccccc13)C(CC)(CC)c1ccccc1-2. The van der Waals surface area contributed by atoms with E-state index in [0.29, 0.717) is 12.0 Å². The molecule has 1 aliphatic heterocycles. The van der Waals surface area contributed by atoms with Crippen LogP contribution in [-0.4, -0.2) is 0 Å². The first-order valence-corrected chi connectivity index (χ1v) is 20.4. The second kappa shape index (κ2) is 14.4. The number of nitrogens with zero attached hydrogens (tertiary/aromatic N) is 2. The maximum absolute atomic E-state index is 2.72. The van der Waals surface area contributed by atoms with Gasteiger partial charge in [0.25, 0.3) is 0 Å². The third-order valence-electron chi connectivity index (χ3n) is 12.3. The van der Waals surface area contributed by atoms with Gasteiger partial charge in [-0.15, -0.1) is 11.3 Å². The van der Waals surface area contributed by atoms with E-state index in [1.165, 1.54) is 89.8 Å². The van der Waals surface area contributed by atoms with Gasteiger partial charge in [0, 0.05) is 43.9 Å². The molecule has 0 saturated heterocycles. The van der Waals surface area contributed by atoms with Crippen LogP contribution in [0, 0.1) is 6.92 Å². The van der Waals surface area contributed by atoms with Crippen LogP contribution in [0.2, 0.25) is 0 Å². The van der Waals surface area contributed by atoms with E-state index in [-0.39, 0.29) is 5.41 Å². The zero-order valence-electron chi connectivity index (χ0n) is 31.5. The molecule has 0 aliphatic carbocycles. The van der Waals surface area contributed by atoms with Crippen molar-refractivity contribution in [3.05, 3.63) is 144 Å². The van der Waals surface area contributed by atoms with Gasteiger partial charge in [0.1, 0.15) is 0 Å². The third-order valence-corrected chi connectivity index (χ3v) is 13.5. The Morgan fingerprint density at radius 3 is 2.31 bits per heavy atom. The van der Waals surface area contributed by atoms with Crippen molar-refractivity contribution in [3.63, 3.8) is 0 Å². The molecule has 8 rings (SSSR count). The highest BCUT2D eigenvalue weighted by molar-refractivity contribution is 7.26. The number of pyridine rings is 2. The highest BCUT2D eigenvalue weighted by Crippen LogP contribution is 2.50. The number of unbranched alkanes of at least 4 members (excludes halogenated alkanes) is 1. The van der Waals surface area contributed by atoms with Crippen LogP contribution in [-0.2, 0) is 12.0 Å². The van der Waals surface area contributed by atoms with Crippen molar-refractivity contribution in [2.75, 3.05) is 0 Å². The van der Waals surface area contributed by atoms with Crippen LogP contribution in [0.15, 0.2) is 128 Å². The smallest absolute Gasteiger partial charge is 0.198 e. The molecule has 3 aromatic heterocycles. The number of rotatable bonds is 11. The van der Waals surface area contributed by atoms with E-state index in [2.05, 4.69) is 171 Å². The Morgan fingerprint density at radius 2 is 1.50 bits per heavy atom. The molecule has 1 aliphatic rings. The molecule has 0 N–H and O–H groups in total. The van der Waals surface area contributed by atoms with Gasteiger partial charge < -0.3 is 0 Å². The van der Waals surface area contributed by atoms with Gasteiger partial charge in [-0.25, -0.2) is 0 Å². The second-order valence-electron chi connectivity index (χ2n) is 15.1. The fourth-order valence-electron chi connectivity index (χ4n) is 9.46. The van der Waals surface area contributed by atoms with Gasteiger partial charge in [-0.1, -0.05) is 119 Å². The summed E-state index contributed by atoms with van der Waals surface area (Å²) in [5.74, 6) is 0.484. The number of thiophene rings is 1. The van der Waals surface area contributed by atoms with E-state index in [1.54, 1.807) is 0 Å². The van der Waals surface area contributed by atoms with E-state index in [9.17, 15) is 0 Å². The average molecular weight is 701 g/mol. The van der Waals surface area contributed by atoms with Gasteiger partial charge in [0.15, 0.2) is 25.0 Å². The lowest BCUT2D eigenvalue weighted by Crippen LogP contribution is -2.57. The zero-order valence-corrected chi connectivity index (χ0v) is 32.3. The maximum Gasteiger partial charge on any atom is 0.214 e. The predicted molar refractivity (Wildman–Crippen MR) is 221 cm³/mol. The van der Waals surface area contributed by atoms with Crippen molar-refractivity contribution in [2.24, 2.45) is 0 Å². The Bertz CT molecular complexity index is 2360. The van der Waals surface area contributed by atoms with Gasteiger partial charge in [-0.05, 0) is 72.6 Å². The summed E-state index contributed by atoms with van der Waals surface area (Å²) in [7, 11) is 0. The molecule has 2 atom stereocenters. The summed E-state index contributed by atoms with van der Waals surface area (Å²) in [6, 6.07) is 43.7. The highest BCUT2D eigenvalue weighted by Gasteiger charge is 2.50. The van der Waals surface area contributed by atoms with E-state index in [4.69, 9.17) is 0 Å². The van der Waals surface area contributed by atoms with Crippen LogP contribution in [0.5, 0.6) is 0 Å². The van der Waals surface area contributed by atoms with Gasteiger partial charge >= 0.3 is 0 Å². The molecule has 0 spiro atoms. The fraction of sp³-hybridized carbons (Fsp3) is 0.306. The Morgan fingerprint density at radius 1 is 0.750 bits per heavy atom. The minimum absolute atomic E-state index is 0.0223. The molecule has 0 bridgehead atoms. The van der Waals surface area contributed by atoms with Crippen molar-refractivity contribution >= 4 is 31.5 Å². The normalized spacial score (nSPS) is 15.4. The molecule has 2 nitrogen and oxygen atoms in total. The summed E-state index contributed by atoms with van der Waals surface area (Å²) in [6.07, 6.45) is 11.8. The minimum atomic E-state index is 0.0223. The van der Waals surface area contributed by atoms with E-state index >= 15 is 0 Å². The van der Waals surface area contributed by atoms with Crippen molar-refractivity contribution < 1.29 is 9.13 Å². The first kappa shape index (κ1) is 34.5. The van der Waals surface area contributed by atoms with Crippen molar-refractivity contribution in [3.8, 4) is 33.6 Å². The molecule has 4 heterocycles.